The number of hydrogen-bond donors (Lipinski definition) is 0. The third-order valence-corrected chi connectivity index (χ3v) is 1.94. The number of halogens is 4. The molecule has 0 radical (unpaired) electrons. The lowest BCUT2D eigenvalue weighted by atomic mass is 10.2. The smallest absolute Gasteiger partial charge is 0.188 e. The molecule has 0 saturated heterocycles. The summed E-state index contributed by atoms with van der Waals surface area (Å²) in [6.07, 6.45) is 0. The molecule has 0 aromatic heterocycles. The maximum Gasteiger partial charge on any atom is 0.328 e. The second-order valence-electron chi connectivity index (χ2n) is 1.98. The minimum absolute atomic E-state index is 0.0642. The fraction of sp³-hybridized carbons (Fsp3) is 0.143. The molecule has 0 bridgehead atoms. The maximum absolute atomic E-state index is 12.5. The fourth-order valence-electron chi connectivity index (χ4n) is 0.691. The largest absolute Gasteiger partial charge is 0.328 e. The lowest BCUT2D eigenvalue weighted by Crippen LogP contribution is -2.02. The van der Waals surface area contributed by atoms with Crippen molar-refractivity contribution in [3.05, 3.63) is 34.9 Å². The van der Waals surface area contributed by atoms with Gasteiger partial charge in [-0.25, -0.2) is 0 Å². The van der Waals surface area contributed by atoms with Crippen molar-refractivity contribution in [3.63, 3.8) is 0 Å². The van der Waals surface area contributed by atoms with Crippen LogP contribution in [0.4, 0.5) is 8.78 Å². The summed E-state index contributed by atoms with van der Waals surface area (Å²) in [4.78, 5) is -3.04. The molecule has 0 saturated carbocycles. The van der Waals surface area contributed by atoms with E-state index < -0.39 is 4.83 Å². The van der Waals surface area contributed by atoms with E-state index in [1.54, 1.807) is 6.07 Å². The first-order chi connectivity index (χ1) is 5.02. The Balaban J connectivity index is 3.14. The zero-order valence-corrected chi connectivity index (χ0v) is 7.66. The second kappa shape index (κ2) is 3.07. The summed E-state index contributed by atoms with van der Waals surface area (Å²) < 4.78 is 25.1. The Morgan fingerprint density at radius 2 is 1.82 bits per heavy atom. The summed E-state index contributed by atoms with van der Waals surface area (Å²) in [5.74, 6) is 0. The van der Waals surface area contributed by atoms with Crippen LogP contribution in [0.1, 0.15) is 5.56 Å². The Kier molecular flexibility index (Phi) is 2.50. The van der Waals surface area contributed by atoms with Gasteiger partial charge in [0.25, 0.3) is 0 Å². The number of alkyl halides is 3. The molecule has 0 heterocycles. The molecule has 0 aliphatic carbocycles. The molecular formula is C7H4BrClF2. The van der Waals surface area contributed by atoms with Gasteiger partial charge >= 0.3 is 4.83 Å². The van der Waals surface area contributed by atoms with Gasteiger partial charge in [-0.2, -0.15) is 8.78 Å². The van der Waals surface area contributed by atoms with Gasteiger partial charge in [0, 0.05) is 0 Å². The van der Waals surface area contributed by atoms with Gasteiger partial charge in [0.15, 0.2) is 0 Å². The first-order valence-corrected chi connectivity index (χ1v) is 4.00. The predicted molar refractivity (Wildman–Crippen MR) is 44.3 cm³/mol. The van der Waals surface area contributed by atoms with Gasteiger partial charge in [-0.15, -0.1) is 0 Å². The van der Waals surface area contributed by atoms with Crippen molar-refractivity contribution in [1.82, 2.24) is 0 Å². The lowest BCUT2D eigenvalue weighted by Gasteiger charge is -2.09. The molecule has 0 aliphatic rings. The van der Waals surface area contributed by atoms with Crippen LogP contribution < -0.4 is 0 Å². The molecule has 0 nitrogen and oxygen atoms in total. The average molecular weight is 241 g/mol. The lowest BCUT2D eigenvalue weighted by molar-refractivity contribution is 0.114. The highest BCUT2D eigenvalue weighted by molar-refractivity contribution is 9.09. The predicted octanol–water partition coefficient (Wildman–Crippen LogP) is 3.78. The molecule has 0 spiro atoms. The summed E-state index contributed by atoms with van der Waals surface area (Å²) in [6.45, 7) is 0. The van der Waals surface area contributed by atoms with Gasteiger partial charge in [-0.05, 0) is 22.0 Å². The van der Waals surface area contributed by atoms with Crippen molar-refractivity contribution in [2.75, 3.05) is 0 Å². The molecule has 4 heteroatoms. The van der Waals surface area contributed by atoms with Crippen LogP contribution in [0, 0.1) is 0 Å². The third-order valence-electron chi connectivity index (χ3n) is 1.18. The quantitative estimate of drug-likeness (QED) is 0.656. The molecule has 1 aromatic carbocycles. The molecule has 0 unspecified atom stereocenters. The highest BCUT2D eigenvalue weighted by Crippen LogP contribution is 2.38. The van der Waals surface area contributed by atoms with Gasteiger partial charge in [0.1, 0.15) is 0 Å². The molecule has 0 amide bonds. The third kappa shape index (κ3) is 2.14. The molecular weight excluding hydrogens is 237 g/mol. The van der Waals surface area contributed by atoms with Crippen LogP contribution in [-0.2, 0) is 4.83 Å². The summed E-state index contributed by atoms with van der Waals surface area (Å²) in [5.41, 5.74) is -0.207. The molecule has 0 fully saturated rings. The molecule has 1 rings (SSSR count). The molecule has 1 aromatic rings. The molecule has 0 atom stereocenters. The van der Waals surface area contributed by atoms with Crippen LogP contribution >= 0.6 is 27.5 Å². The first kappa shape index (κ1) is 8.94. The Morgan fingerprint density at radius 1 is 1.27 bits per heavy atom. The van der Waals surface area contributed by atoms with E-state index >= 15 is 0 Å². The molecule has 0 N–H and O–H groups in total. The van der Waals surface area contributed by atoms with Crippen LogP contribution in [0.2, 0.25) is 5.02 Å². The second-order valence-corrected chi connectivity index (χ2v) is 3.38. The Hall–Kier alpha value is -0.150. The zero-order chi connectivity index (χ0) is 8.48. The Morgan fingerprint density at radius 3 is 2.18 bits per heavy atom. The molecule has 60 valence electrons. The zero-order valence-electron chi connectivity index (χ0n) is 5.32. The van der Waals surface area contributed by atoms with E-state index in [-0.39, 0.29) is 10.6 Å². The Labute approximate surface area is 76.3 Å². The topological polar surface area (TPSA) is 0 Å². The van der Waals surface area contributed by atoms with Crippen LogP contribution in [0.25, 0.3) is 0 Å². The number of benzene rings is 1. The van der Waals surface area contributed by atoms with Crippen LogP contribution in [0.3, 0.4) is 0 Å². The first-order valence-electron chi connectivity index (χ1n) is 2.83. The average Bonchev–Trinajstić information content (AvgIpc) is 1.86. The summed E-state index contributed by atoms with van der Waals surface area (Å²) >= 11 is 7.72. The minimum Gasteiger partial charge on any atom is -0.188 e. The molecule has 0 aliphatic heterocycles. The van der Waals surface area contributed by atoms with Crippen molar-refractivity contribution in [3.8, 4) is 0 Å². The highest BCUT2D eigenvalue weighted by Gasteiger charge is 2.28. The minimum atomic E-state index is -3.04. The molecule has 11 heavy (non-hydrogen) atoms. The van der Waals surface area contributed by atoms with Crippen molar-refractivity contribution < 1.29 is 8.78 Å². The van der Waals surface area contributed by atoms with Crippen LogP contribution in [-0.4, -0.2) is 0 Å². The van der Waals surface area contributed by atoms with Crippen molar-refractivity contribution in [2.24, 2.45) is 0 Å². The van der Waals surface area contributed by atoms with E-state index in [1.165, 1.54) is 18.2 Å². The van der Waals surface area contributed by atoms with E-state index in [9.17, 15) is 8.78 Å². The van der Waals surface area contributed by atoms with Crippen LogP contribution in [0.15, 0.2) is 24.3 Å². The standard InChI is InChI=1S/C7H4BrClF2/c8-7(10,11)5-3-1-2-4-6(5)9/h1-4H. The fourth-order valence-corrected chi connectivity index (χ4v) is 1.41. The van der Waals surface area contributed by atoms with E-state index in [1.807, 2.05) is 0 Å². The summed E-state index contributed by atoms with van der Waals surface area (Å²) in [6, 6.07) is 5.81. The summed E-state index contributed by atoms with van der Waals surface area (Å²) in [7, 11) is 0. The van der Waals surface area contributed by atoms with Crippen LogP contribution in [0.5, 0.6) is 0 Å². The summed E-state index contributed by atoms with van der Waals surface area (Å²) in [5, 5.41) is 0.0642. The number of hydrogen-bond acceptors (Lipinski definition) is 0. The van der Waals surface area contributed by atoms with Crippen molar-refractivity contribution in [1.29, 1.82) is 0 Å². The van der Waals surface area contributed by atoms with E-state index in [4.69, 9.17) is 11.6 Å². The van der Waals surface area contributed by atoms with Gasteiger partial charge in [0.2, 0.25) is 0 Å². The van der Waals surface area contributed by atoms with E-state index in [2.05, 4.69) is 15.9 Å². The monoisotopic (exact) mass is 240 g/mol. The van der Waals surface area contributed by atoms with Gasteiger partial charge < -0.3 is 0 Å². The Bertz CT molecular complexity index is 257. The van der Waals surface area contributed by atoms with Crippen molar-refractivity contribution in [2.45, 2.75) is 4.83 Å². The maximum atomic E-state index is 12.5. The normalized spacial score (nSPS) is 11.6. The van der Waals surface area contributed by atoms with Crippen molar-refractivity contribution >= 4 is 27.5 Å². The van der Waals surface area contributed by atoms with Gasteiger partial charge in [-0.1, -0.05) is 29.8 Å². The highest BCUT2D eigenvalue weighted by atomic mass is 79.9. The van der Waals surface area contributed by atoms with Gasteiger partial charge in [0.05, 0.1) is 10.6 Å². The SMILES string of the molecule is FC(F)(Br)c1ccccc1Cl. The van der Waals surface area contributed by atoms with E-state index in [0.29, 0.717) is 0 Å². The number of rotatable bonds is 1. The van der Waals surface area contributed by atoms with Gasteiger partial charge in [-0.3, -0.25) is 0 Å². The van der Waals surface area contributed by atoms with E-state index in [0.717, 1.165) is 0 Å².